The first kappa shape index (κ1) is 8.91. The molecule has 0 aromatic heterocycles. The molecule has 0 radical (unpaired) electrons. The van der Waals surface area contributed by atoms with Crippen LogP contribution in [0.15, 0.2) is 30.3 Å². The third kappa shape index (κ3) is 3.65. The Morgan fingerprint density at radius 1 is 1.27 bits per heavy atom. The molecule has 0 fully saturated rings. The number of hydrogen-bond donors (Lipinski definition) is 1. The average Bonchev–Trinajstić information content (AvgIpc) is 2.07. The van der Waals surface area contributed by atoms with Crippen molar-refractivity contribution in [1.82, 2.24) is 4.72 Å². The number of hydrogen-bond acceptors (Lipinski definition) is 2. The molecule has 0 atom stereocenters. The molecule has 0 aliphatic rings. The third-order valence-corrected chi connectivity index (χ3v) is 2.05. The Kier molecular flexibility index (Phi) is 4.43. The van der Waals surface area contributed by atoms with Gasteiger partial charge in [0.25, 0.3) is 0 Å². The standard InChI is InChI=1S/C8H10ClNS/c9-11-10-7-6-8-4-2-1-3-5-8/h1-5,10H,6-7H2. The van der Waals surface area contributed by atoms with Crippen molar-refractivity contribution in [3.63, 3.8) is 0 Å². The van der Waals surface area contributed by atoms with Gasteiger partial charge in [0.1, 0.15) is 0 Å². The van der Waals surface area contributed by atoms with Crippen LogP contribution in [0, 0.1) is 0 Å². The minimum Gasteiger partial charge on any atom is -0.250 e. The van der Waals surface area contributed by atoms with Crippen molar-refractivity contribution in [2.24, 2.45) is 0 Å². The Hall–Kier alpha value is -0.180. The van der Waals surface area contributed by atoms with Crippen molar-refractivity contribution in [2.75, 3.05) is 6.54 Å². The highest BCUT2D eigenvalue weighted by atomic mass is 35.7. The molecule has 0 saturated heterocycles. The fourth-order valence-corrected chi connectivity index (χ4v) is 1.29. The van der Waals surface area contributed by atoms with Gasteiger partial charge >= 0.3 is 0 Å². The Balaban J connectivity index is 2.28. The Morgan fingerprint density at radius 3 is 2.64 bits per heavy atom. The van der Waals surface area contributed by atoms with E-state index in [0.29, 0.717) is 0 Å². The molecule has 0 saturated carbocycles. The lowest BCUT2D eigenvalue weighted by Crippen LogP contribution is -2.05. The van der Waals surface area contributed by atoms with Crippen molar-refractivity contribution in [3.05, 3.63) is 35.9 Å². The second-order valence-corrected chi connectivity index (χ2v) is 3.11. The number of nitrogens with one attached hydrogen (secondary N) is 1. The molecular weight excluding hydrogens is 178 g/mol. The predicted molar refractivity (Wildman–Crippen MR) is 51.6 cm³/mol. The smallest absolute Gasteiger partial charge is 0.0277 e. The summed E-state index contributed by atoms with van der Waals surface area (Å²) in [4.78, 5) is 0. The average molecular weight is 188 g/mol. The lowest BCUT2D eigenvalue weighted by molar-refractivity contribution is 0.912. The molecule has 0 unspecified atom stereocenters. The summed E-state index contributed by atoms with van der Waals surface area (Å²) in [6.45, 7) is 0.915. The summed E-state index contributed by atoms with van der Waals surface area (Å²) < 4.78 is 2.98. The van der Waals surface area contributed by atoms with Crippen LogP contribution >= 0.6 is 21.8 Å². The molecule has 0 aliphatic carbocycles. The topological polar surface area (TPSA) is 12.0 Å². The van der Waals surface area contributed by atoms with Crippen LogP contribution in [-0.4, -0.2) is 6.54 Å². The fourth-order valence-electron chi connectivity index (χ4n) is 0.879. The summed E-state index contributed by atoms with van der Waals surface area (Å²) in [6.07, 6.45) is 1.03. The molecular formula is C8H10ClNS. The van der Waals surface area contributed by atoms with E-state index in [1.165, 1.54) is 5.56 Å². The molecule has 1 aromatic rings. The van der Waals surface area contributed by atoms with Crippen molar-refractivity contribution < 1.29 is 0 Å². The van der Waals surface area contributed by atoms with Crippen LogP contribution in [0.4, 0.5) is 0 Å². The number of benzene rings is 1. The zero-order chi connectivity index (χ0) is 7.94. The van der Waals surface area contributed by atoms with Gasteiger partial charge in [-0.25, -0.2) is 0 Å². The Morgan fingerprint density at radius 2 is 2.00 bits per heavy atom. The zero-order valence-corrected chi connectivity index (χ0v) is 7.66. The summed E-state index contributed by atoms with van der Waals surface area (Å²) in [5.41, 5.74) is 1.34. The molecule has 3 heteroatoms. The highest BCUT2D eigenvalue weighted by molar-refractivity contribution is 8.19. The van der Waals surface area contributed by atoms with Gasteiger partial charge in [0.05, 0.1) is 0 Å². The van der Waals surface area contributed by atoms with Crippen LogP contribution in [0.25, 0.3) is 0 Å². The van der Waals surface area contributed by atoms with Crippen LogP contribution in [-0.2, 0) is 6.42 Å². The molecule has 0 bridgehead atoms. The number of rotatable bonds is 4. The van der Waals surface area contributed by atoms with Crippen LogP contribution < -0.4 is 4.72 Å². The molecule has 0 amide bonds. The van der Waals surface area contributed by atoms with Gasteiger partial charge in [-0.2, -0.15) is 0 Å². The molecule has 11 heavy (non-hydrogen) atoms. The monoisotopic (exact) mass is 187 g/mol. The maximum atomic E-state index is 5.37. The molecule has 1 rings (SSSR count). The van der Waals surface area contributed by atoms with Gasteiger partial charge in [0, 0.05) is 17.7 Å². The molecule has 0 spiro atoms. The fraction of sp³-hybridized carbons (Fsp3) is 0.250. The van der Waals surface area contributed by atoms with Gasteiger partial charge in [-0.15, -0.1) is 0 Å². The highest BCUT2D eigenvalue weighted by Crippen LogP contribution is 2.01. The van der Waals surface area contributed by atoms with E-state index in [9.17, 15) is 0 Å². The van der Waals surface area contributed by atoms with E-state index in [-0.39, 0.29) is 0 Å². The van der Waals surface area contributed by atoms with Gasteiger partial charge < -0.3 is 0 Å². The van der Waals surface area contributed by atoms with E-state index in [4.69, 9.17) is 10.7 Å². The van der Waals surface area contributed by atoms with Gasteiger partial charge in [0.15, 0.2) is 0 Å². The van der Waals surface area contributed by atoms with E-state index in [0.717, 1.165) is 24.1 Å². The summed E-state index contributed by atoms with van der Waals surface area (Å²) in [7, 11) is 5.37. The molecule has 0 heterocycles. The zero-order valence-electron chi connectivity index (χ0n) is 6.09. The lowest BCUT2D eigenvalue weighted by Gasteiger charge is -1.98. The van der Waals surface area contributed by atoms with E-state index in [1.807, 2.05) is 18.2 Å². The molecule has 60 valence electrons. The molecule has 1 nitrogen and oxygen atoms in total. The van der Waals surface area contributed by atoms with E-state index >= 15 is 0 Å². The minimum absolute atomic E-state index is 0.915. The second kappa shape index (κ2) is 5.47. The predicted octanol–water partition coefficient (Wildman–Crippen LogP) is 2.62. The first-order valence-corrected chi connectivity index (χ1v) is 5.12. The minimum atomic E-state index is 0.915. The summed E-state index contributed by atoms with van der Waals surface area (Å²) in [6, 6.07) is 10.3. The van der Waals surface area contributed by atoms with Crippen LogP contribution in [0.2, 0.25) is 0 Å². The van der Waals surface area contributed by atoms with Gasteiger partial charge in [-0.1, -0.05) is 30.3 Å². The third-order valence-electron chi connectivity index (χ3n) is 1.41. The van der Waals surface area contributed by atoms with Crippen molar-refractivity contribution in [3.8, 4) is 0 Å². The summed E-state index contributed by atoms with van der Waals surface area (Å²) >= 11 is 1.14. The maximum absolute atomic E-state index is 5.37. The van der Waals surface area contributed by atoms with E-state index < -0.39 is 0 Å². The maximum Gasteiger partial charge on any atom is 0.0277 e. The van der Waals surface area contributed by atoms with Crippen molar-refractivity contribution >= 4 is 21.8 Å². The second-order valence-electron chi connectivity index (χ2n) is 2.21. The first-order chi connectivity index (χ1) is 5.43. The first-order valence-electron chi connectivity index (χ1n) is 3.48. The Bertz CT molecular complexity index is 191. The van der Waals surface area contributed by atoms with Gasteiger partial charge in [0.2, 0.25) is 0 Å². The summed E-state index contributed by atoms with van der Waals surface area (Å²) in [5.74, 6) is 0. The van der Waals surface area contributed by atoms with Crippen LogP contribution in [0.1, 0.15) is 5.56 Å². The van der Waals surface area contributed by atoms with Crippen molar-refractivity contribution in [2.45, 2.75) is 6.42 Å². The van der Waals surface area contributed by atoms with Crippen LogP contribution in [0.5, 0.6) is 0 Å². The van der Waals surface area contributed by atoms with Gasteiger partial charge in [-0.05, 0) is 22.7 Å². The van der Waals surface area contributed by atoms with Crippen molar-refractivity contribution in [1.29, 1.82) is 0 Å². The van der Waals surface area contributed by atoms with Crippen LogP contribution in [0.3, 0.4) is 0 Å². The van der Waals surface area contributed by atoms with Gasteiger partial charge in [-0.3, -0.25) is 4.72 Å². The van der Waals surface area contributed by atoms with E-state index in [2.05, 4.69) is 16.9 Å². The SMILES string of the molecule is ClSNCCc1ccccc1. The highest BCUT2D eigenvalue weighted by Gasteiger charge is 1.89. The molecule has 0 aliphatic heterocycles. The molecule has 1 N–H and O–H groups in total. The largest absolute Gasteiger partial charge is 0.250 e. The summed E-state index contributed by atoms with van der Waals surface area (Å²) in [5, 5.41) is 0. The Labute approximate surface area is 75.8 Å². The normalized spacial score (nSPS) is 9.91. The quantitative estimate of drug-likeness (QED) is 0.575. The molecule has 1 aromatic carbocycles. The lowest BCUT2D eigenvalue weighted by atomic mass is 10.2. The number of halogens is 1. The van der Waals surface area contributed by atoms with E-state index in [1.54, 1.807) is 0 Å².